The molecule has 0 aliphatic rings. The molecule has 0 radical (unpaired) electrons. The lowest BCUT2D eigenvalue weighted by Gasteiger charge is -2.19. The molecule has 1 rings (SSSR count). The molecular formula is C15H25BrN2O. The SMILES string of the molecule is CN(CCCCCO)CCC(N)c1cccc(Br)c1. The summed E-state index contributed by atoms with van der Waals surface area (Å²) in [6.45, 7) is 2.38. The van der Waals surface area contributed by atoms with Gasteiger partial charge in [-0.1, -0.05) is 28.1 Å². The van der Waals surface area contributed by atoms with Gasteiger partial charge in [0.2, 0.25) is 0 Å². The van der Waals surface area contributed by atoms with E-state index in [1.165, 1.54) is 5.56 Å². The summed E-state index contributed by atoms with van der Waals surface area (Å²) in [5.41, 5.74) is 7.39. The average molecular weight is 329 g/mol. The van der Waals surface area contributed by atoms with Crippen molar-refractivity contribution in [2.45, 2.75) is 31.7 Å². The highest BCUT2D eigenvalue weighted by Gasteiger charge is 2.07. The Morgan fingerprint density at radius 3 is 2.74 bits per heavy atom. The number of aliphatic hydroxyl groups is 1. The number of hydrogen-bond donors (Lipinski definition) is 2. The second kappa shape index (κ2) is 9.48. The lowest BCUT2D eigenvalue weighted by Crippen LogP contribution is -2.24. The zero-order chi connectivity index (χ0) is 14.1. The Kier molecular flexibility index (Phi) is 8.30. The summed E-state index contributed by atoms with van der Waals surface area (Å²) in [6, 6.07) is 8.31. The lowest BCUT2D eigenvalue weighted by molar-refractivity contribution is 0.270. The third kappa shape index (κ3) is 7.06. The van der Waals surface area contributed by atoms with Gasteiger partial charge >= 0.3 is 0 Å². The van der Waals surface area contributed by atoms with Crippen molar-refractivity contribution in [2.24, 2.45) is 5.73 Å². The zero-order valence-corrected chi connectivity index (χ0v) is 13.3. The van der Waals surface area contributed by atoms with Crippen LogP contribution in [0.3, 0.4) is 0 Å². The van der Waals surface area contributed by atoms with E-state index in [-0.39, 0.29) is 6.04 Å². The Bertz CT molecular complexity index is 360. The molecule has 1 atom stereocenters. The topological polar surface area (TPSA) is 49.5 Å². The number of halogens is 1. The molecule has 1 unspecified atom stereocenters. The predicted octanol–water partition coefficient (Wildman–Crippen LogP) is 2.93. The van der Waals surface area contributed by atoms with Gasteiger partial charge in [-0.25, -0.2) is 0 Å². The molecule has 19 heavy (non-hydrogen) atoms. The fraction of sp³-hybridized carbons (Fsp3) is 0.600. The number of nitrogens with two attached hydrogens (primary N) is 1. The molecule has 1 aromatic carbocycles. The van der Waals surface area contributed by atoms with Gasteiger partial charge in [-0.05, 0) is 63.5 Å². The van der Waals surface area contributed by atoms with Crippen LogP contribution >= 0.6 is 15.9 Å². The van der Waals surface area contributed by atoms with Gasteiger partial charge in [0, 0.05) is 17.1 Å². The summed E-state index contributed by atoms with van der Waals surface area (Å²) in [5.74, 6) is 0. The van der Waals surface area contributed by atoms with Gasteiger partial charge in [0.15, 0.2) is 0 Å². The molecule has 108 valence electrons. The molecule has 0 saturated heterocycles. The third-order valence-corrected chi connectivity index (χ3v) is 3.79. The fourth-order valence-corrected chi connectivity index (χ4v) is 2.46. The average Bonchev–Trinajstić information content (AvgIpc) is 2.41. The van der Waals surface area contributed by atoms with E-state index in [1.54, 1.807) is 0 Å². The van der Waals surface area contributed by atoms with Crippen LogP contribution in [-0.4, -0.2) is 36.8 Å². The van der Waals surface area contributed by atoms with Crippen LogP contribution in [0.25, 0.3) is 0 Å². The van der Waals surface area contributed by atoms with Gasteiger partial charge in [-0.15, -0.1) is 0 Å². The van der Waals surface area contributed by atoms with Crippen molar-refractivity contribution < 1.29 is 5.11 Å². The Morgan fingerprint density at radius 1 is 1.26 bits per heavy atom. The number of nitrogens with zero attached hydrogens (tertiary/aromatic N) is 1. The van der Waals surface area contributed by atoms with E-state index in [0.717, 1.165) is 43.2 Å². The molecule has 3 N–H and O–H groups in total. The minimum absolute atomic E-state index is 0.0948. The second-order valence-electron chi connectivity index (χ2n) is 5.04. The van der Waals surface area contributed by atoms with Crippen LogP contribution in [0.4, 0.5) is 0 Å². The number of aliphatic hydroxyl groups excluding tert-OH is 1. The van der Waals surface area contributed by atoms with Crippen molar-refractivity contribution in [3.63, 3.8) is 0 Å². The van der Waals surface area contributed by atoms with Crippen molar-refractivity contribution >= 4 is 15.9 Å². The molecule has 3 nitrogen and oxygen atoms in total. The third-order valence-electron chi connectivity index (χ3n) is 3.30. The zero-order valence-electron chi connectivity index (χ0n) is 11.7. The number of rotatable bonds is 9. The molecule has 0 fully saturated rings. The van der Waals surface area contributed by atoms with Gasteiger partial charge in [0.25, 0.3) is 0 Å². The molecule has 0 aliphatic heterocycles. The van der Waals surface area contributed by atoms with Gasteiger partial charge in [0.1, 0.15) is 0 Å². The molecule has 4 heteroatoms. The van der Waals surface area contributed by atoms with E-state index < -0.39 is 0 Å². The van der Waals surface area contributed by atoms with Crippen molar-refractivity contribution in [3.05, 3.63) is 34.3 Å². The number of benzene rings is 1. The quantitative estimate of drug-likeness (QED) is 0.685. The molecule has 0 aromatic heterocycles. The summed E-state index contributed by atoms with van der Waals surface area (Å²) < 4.78 is 1.08. The first-order valence-corrected chi connectivity index (χ1v) is 7.73. The van der Waals surface area contributed by atoms with Crippen LogP contribution in [0.5, 0.6) is 0 Å². The number of unbranched alkanes of at least 4 members (excludes halogenated alkanes) is 2. The monoisotopic (exact) mass is 328 g/mol. The van der Waals surface area contributed by atoms with Crippen LogP contribution in [0.15, 0.2) is 28.7 Å². The summed E-state index contributed by atoms with van der Waals surface area (Å²) >= 11 is 3.47. The van der Waals surface area contributed by atoms with E-state index in [9.17, 15) is 0 Å². The second-order valence-corrected chi connectivity index (χ2v) is 5.95. The van der Waals surface area contributed by atoms with Crippen molar-refractivity contribution in [3.8, 4) is 0 Å². The predicted molar refractivity (Wildman–Crippen MR) is 84.1 cm³/mol. The molecule has 0 aliphatic carbocycles. The van der Waals surface area contributed by atoms with Crippen molar-refractivity contribution in [1.29, 1.82) is 0 Å². The maximum Gasteiger partial charge on any atom is 0.0431 e. The molecule has 0 amide bonds. The maximum absolute atomic E-state index is 8.72. The summed E-state index contributed by atoms with van der Waals surface area (Å²) in [6.07, 6.45) is 4.11. The Labute approximate surface area is 124 Å². The van der Waals surface area contributed by atoms with Gasteiger partial charge in [-0.3, -0.25) is 0 Å². The van der Waals surface area contributed by atoms with E-state index in [1.807, 2.05) is 12.1 Å². The largest absolute Gasteiger partial charge is 0.396 e. The molecule has 0 saturated carbocycles. The van der Waals surface area contributed by atoms with Crippen LogP contribution in [-0.2, 0) is 0 Å². The highest BCUT2D eigenvalue weighted by Crippen LogP contribution is 2.19. The highest BCUT2D eigenvalue weighted by molar-refractivity contribution is 9.10. The highest BCUT2D eigenvalue weighted by atomic mass is 79.9. The summed E-state index contributed by atoms with van der Waals surface area (Å²) in [7, 11) is 2.13. The van der Waals surface area contributed by atoms with Crippen LogP contribution in [0, 0.1) is 0 Å². The maximum atomic E-state index is 8.72. The van der Waals surface area contributed by atoms with Gasteiger partial charge < -0.3 is 15.7 Å². The van der Waals surface area contributed by atoms with E-state index in [2.05, 4.69) is 40.0 Å². The van der Waals surface area contributed by atoms with Crippen LogP contribution < -0.4 is 5.73 Å². The fourth-order valence-electron chi connectivity index (χ4n) is 2.05. The molecule has 0 spiro atoms. The van der Waals surface area contributed by atoms with Crippen LogP contribution in [0.2, 0.25) is 0 Å². The summed E-state index contributed by atoms with van der Waals surface area (Å²) in [4.78, 5) is 2.31. The number of hydrogen-bond acceptors (Lipinski definition) is 3. The molecular weight excluding hydrogens is 304 g/mol. The van der Waals surface area contributed by atoms with E-state index >= 15 is 0 Å². The Hall–Kier alpha value is -0.420. The Morgan fingerprint density at radius 2 is 2.05 bits per heavy atom. The van der Waals surface area contributed by atoms with Gasteiger partial charge in [-0.2, -0.15) is 0 Å². The summed E-state index contributed by atoms with van der Waals surface area (Å²) in [5, 5.41) is 8.72. The molecule has 0 heterocycles. The van der Waals surface area contributed by atoms with Gasteiger partial charge in [0.05, 0.1) is 0 Å². The molecule has 0 bridgehead atoms. The minimum Gasteiger partial charge on any atom is -0.396 e. The van der Waals surface area contributed by atoms with Crippen molar-refractivity contribution in [2.75, 3.05) is 26.7 Å². The minimum atomic E-state index is 0.0948. The normalized spacial score (nSPS) is 12.9. The smallest absolute Gasteiger partial charge is 0.0431 e. The first-order valence-electron chi connectivity index (χ1n) is 6.94. The van der Waals surface area contributed by atoms with Crippen molar-refractivity contribution in [1.82, 2.24) is 4.90 Å². The Balaban J connectivity index is 2.24. The van der Waals surface area contributed by atoms with E-state index in [0.29, 0.717) is 6.61 Å². The first kappa shape index (κ1) is 16.6. The van der Waals surface area contributed by atoms with Crippen LogP contribution in [0.1, 0.15) is 37.3 Å². The molecule has 1 aromatic rings. The standard InChI is InChI=1S/C15H25BrN2O/c1-18(9-3-2-4-11-19)10-8-15(17)13-6-5-7-14(16)12-13/h5-7,12,15,19H,2-4,8-11,17H2,1H3. The first-order chi connectivity index (χ1) is 9.13. The van der Waals surface area contributed by atoms with E-state index in [4.69, 9.17) is 10.8 Å². The lowest BCUT2D eigenvalue weighted by atomic mass is 10.0.